The van der Waals surface area contributed by atoms with Gasteiger partial charge in [0, 0.05) is 56.9 Å². The minimum absolute atomic E-state index is 0.0528. The van der Waals surface area contributed by atoms with Gasteiger partial charge >= 0.3 is 0 Å². The van der Waals surface area contributed by atoms with Gasteiger partial charge in [-0.1, -0.05) is 61.5 Å². The minimum Gasteiger partial charge on any atom is -0.508 e. The van der Waals surface area contributed by atoms with Crippen LogP contribution in [0.4, 0.5) is 5.69 Å². The number of piperidine rings is 1. The van der Waals surface area contributed by atoms with Gasteiger partial charge in [-0.15, -0.1) is 0 Å². The molecule has 8 rings (SSSR count). The molecule has 0 spiro atoms. The largest absolute Gasteiger partial charge is 0.508 e. The van der Waals surface area contributed by atoms with Crippen molar-refractivity contribution in [2.75, 3.05) is 44.2 Å². The number of hydrogen-bond acceptors (Lipinski definition) is 8. The summed E-state index contributed by atoms with van der Waals surface area (Å²) < 4.78 is 12.7. The van der Waals surface area contributed by atoms with E-state index < -0.39 is 6.04 Å². The molecular weight excluding hydrogens is 693 g/mol. The molecule has 3 saturated heterocycles. The third kappa shape index (κ3) is 8.02. The zero-order valence-electron chi connectivity index (χ0n) is 31.3. The van der Waals surface area contributed by atoms with E-state index in [1.165, 1.54) is 11.1 Å². The molecule has 2 N–H and O–H groups in total. The first kappa shape index (κ1) is 36.5. The molecule has 10 heteroatoms. The summed E-state index contributed by atoms with van der Waals surface area (Å²) in [6.07, 6.45) is 3.68. The quantitative estimate of drug-likeness (QED) is 0.137. The number of phenolic OH excluding ortho intramolecular Hbond substituents is 1. The second kappa shape index (κ2) is 16.1. The van der Waals surface area contributed by atoms with Crippen LogP contribution in [0, 0.1) is 0 Å². The zero-order valence-corrected chi connectivity index (χ0v) is 31.3. The molecule has 3 amide bonds. The fourth-order valence-electron chi connectivity index (χ4n) is 8.49. The second-order valence-corrected chi connectivity index (χ2v) is 14.9. The Morgan fingerprint density at radius 3 is 2.24 bits per heavy atom. The summed E-state index contributed by atoms with van der Waals surface area (Å²) in [6.45, 7) is 7.59. The molecule has 4 heterocycles. The summed E-state index contributed by atoms with van der Waals surface area (Å²) in [7, 11) is 0. The highest BCUT2D eigenvalue weighted by Crippen LogP contribution is 2.36. The number of benzene rings is 4. The van der Waals surface area contributed by atoms with E-state index in [2.05, 4.69) is 64.5 Å². The minimum atomic E-state index is -0.603. The summed E-state index contributed by atoms with van der Waals surface area (Å²) in [4.78, 5) is 43.6. The van der Waals surface area contributed by atoms with Crippen LogP contribution >= 0.6 is 0 Å². The lowest BCUT2D eigenvalue weighted by atomic mass is 9.88. The van der Waals surface area contributed by atoms with Crippen molar-refractivity contribution < 1.29 is 29.0 Å². The number of anilines is 1. The number of piperazine rings is 1. The lowest BCUT2D eigenvalue weighted by molar-refractivity contribution is -0.136. The van der Waals surface area contributed by atoms with Crippen molar-refractivity contribution in [3.05, 3.63) is 125 Å². The SMILES string of the molecule is CCC(=C(c1ccc(O)cc1)c1ccc(OCC2CCC(CN3CCN(c4ccc5c(c4)CN(C4CCC(=O)NC4=O)C5=O)CC3)O2)cc1)c1ccccc1. The van der Waals surface area contributed by atoms with E-state index >= 15 is 0 Å². The van der Waals surface area contributed by atoms with Crippen molar-refractivity contribution in [3.63, 3.8) is 0 Å². The van der Waals surface area contributed by atoms with Crippen molar-refractivity contribution in [2.45, 2.75) is 63.8 Å². The number of fused-ring (bicyclic) bond motifs is 1. The Hall–Kier alpha value is -5.45. The number of nitrogens with one attached hydrogen (secondary N) is 1. The van der Waals surface area contributed by atoms with Crippen molar-refractivity contribution in [2.24, 2.45) is 0 Å². The van der Waals surface area contributed by atoms with Crippen LogP contribution in [0.25, 0.3) is 11.1 Å². The van der Waals surface area contributed by atoms with E-state index in [1.54, 1.807) is 17.0 Å². The van der Waals surface area contributed by atoms with Gasteiger partial charge in [-0.05, 0) is 102 Å². The van der Waals surface area contributed by atoms with Crippen molar-refractivity contribution >= 4 is 34.6 Å². The van der Waals surface area contributed by atoms with E-state index in [0.29, 0.717) is 25.1 Å². The third-order valence-electron chi connectivity index (χ3n) is 11.4. The van der Waals surface area contributed by atoms with Crippen LogP contribution in [0.2, 0.25) is 0 Å². The topological polar surface area (TPSA) is 112 Å². The molecule has 4 aromatic rings. The van der Waals surface area contributed by atoms with E-state index in [-0.39, 0.29) is 42.1 Å². The number of carbonyl (C=O) groups is 3. The predicted molar refractivity (Wildman–Crippen MR) is 212 cm³/mol. The molecule has 10 nitrogen and oxygen atoms in total. The lowest BCUT2D eigenvalue weighted by Gasteiger charge is -2.37. The molecule has 0 aromatic heterocycles. The van der Waals surface area contributed by atoms with Crippen molar-refractivity contribution in [3.8, 4) is 11.5 Å². The number of ether oxygens (including phenoxy) is 2. The van der Waals surface area contributed by atoms with E-state index in [4.69, 9.17) is 9.47 Å². The molecule has 0 radical (unpaired) electrons. The maximum absolute atomic E-state index is 13.1. The van der Waals surface area contributed by atoms with Crippen LogP contribution in [0.3, 0.4) is 0 Å². The second-order valence-electron chi connectivity index (χ2n) is 14.9. The summed E-state index contributed by atoms with van der Waals surface area (Å²) in [5.74, 6) is 0.257. The van der Waals surface area contributed by atoms with Crippen LogP contribution in [0.1, 0.15) is 71.6 Å². The number of imide groups is 1. The number of phenols is 1. The van der Waals surface area contributed by atoms with Crippen molar-refractivity contribution in [1.82, 2.24) is 15.1 Å². The number of allylic oxidation sites excluding steroid dienone is 1. The van der Waals surface area contributed by atoms with Gasteiger partial charge in [-0.3, -0.25) is 24.6 Å². The molecule has 3 atom stereocenters. The Kier molecular flexibility index (Phi) is 10.7. The molecule has 284 valence electrons. The van der Waals surface area contributed by atoms with Crippen LogP contribution in [0.15, 0.2) is 97.1 Å². The first-order chi connectivity index (χ1) is 26.8. The van der Waals surface area contributed by atoms with Crippen molar-refractivity contribution in [1.29, 1.82) is 0 Å². The normalized spacial score (nSPS) is 22.1. The van der Waals surface area contributed by atoms with E-state index in [1.807, 2.05) is 42.5 Å². The van der Waals surface area contributed by atoms with Gasteiger partial charge in [0.1, 0.15) is 24.1 Å². The van der Waals surface area contributed by atoms with Gasteiger partial charge in [0.15, 0.2) is 0 Å². The molecule has 4 aromatic carbocycles. The average molecular weight is 741 g/mol. The molecule has 4 aliphatic heterocycles. The number of rotatable bonds is 11. The Balaban J connectivity index is 0.821. The lowest BCUT2D eigenvalue weighted by Crippen LogP contribution is -2.52. The number of amides is 3. The fourth-order valence-corrected chi connectivity index (χ4v) is 8.49. The molecular formula is C45H48N4O6. The monoisotopic (exact) mass is 740 g/mol. The standard InChI is InChI=1S/C45H48N4O6/c1-2-39(30-6-4-3-5-7-30)43(31-8-13-35(50)14-9-31)32-10-15-36(16-11-32)54-29-38-18-17-37(55-38)28-47-22-24-48(25-23-47)34-12-19-40-33(26-34)27-49(45(40)53)41-20-21-42(51)46-44(41)52/h3-16,19,26,37-38,41,50H,2,17-18,20-25,27-29H2,1H3,(H,46,51,52). The summed E-state index contributed by atoms with van der Waals surface area (Å²) >= 11 is 0. The number of hydrogen-bond donors (Lipinski definition) is 2. The predicted octanol–water partition coefficient (Wildman–Crippen LogP) is 6.27. The first-order valence-electron chi connectivity index (χ1n) is 19.5. The van der Waals surface area contributed by atoms with Gasteiger partial charge in [0.05, 0.1) is 12.2 Å². The molecule has 4 aliphatic rings. The smallest absolute Gasteiger partial charge is 0.255 e. The Morgan fingerprint density at radius 2 is 1.53 bits per heavy atom. The summed E-state index contributed by atoms with van der Waals surface area (Å²) in [5.41, 5.74) is 8.39. The summed E-state index contributed by atoms with van der Waals surface area (Å²) in [5, 5.41) is 12.3. The van der Waals surface area contributed by atoms with Crippen LogP contribution in [0.5, 0.6) is 11.5 Å². The maximum Gasteiger partial charge on any atom is 0.255 e. The fraction of sp³-hybridized carbons (Fsp3) is 0.356. The van der Waals surface area contributed by atoms with Gasteiger partial charge in [0.2, 0.25) is 11.8 Å². The van der Waals surface area contributed by atoms with Gasteiger partial charge in [-0.2, -0.15) is 0 Å². The van der Waals surface area contributed by atoms with Crippen LogP contribution < -0.4 is 15.0 Å². The van der Waals surface area contributed by atoms with Gasteiger partial charge < -0.3 is 24.4 Å². The van der Waals surface area contributed by atoms with E-state index in [9.17, 15) is 19.5 Å². The third-order valence-corrected chi connectivity index (χ3v) is 11.4. The first-order valence-corrected chi connectivity index (χ1v) is 19.5. The number of aromatic hydroxyl groups is 1. The number of nitrogens with zero attached hydrogens (tertiary/aromatic N) is 3. The molecule has 3 unspecified atom stereocenters. The molecule has 0 bridgehead atoms. The average Bonchev–Trinajstić information content (AvgIpc) is 3.80. The molecule has 3 fully saturated rings. The number of carbonyl (C=O) groups excluding carboxylic acids is 3. The van der Waals surface area contributed by atoms with E-state index in [0.717, 1.165) is 85.7 Å². The molecule has 55 heavy (non-hydrogen) atoms. The Labute approximate surface area is 322 Å². The Bertz CT molecular complexity index is 2060. The molecule has 0 aliphatic carbocycles. The summed E-state index contributed by atoms with van der Waals surface area (Å²) in [6, 6.07) is 31.6. The highest BCUT2D eigenvalue weighted by Gasteiger charge is 2.39. The van der Waals surface area contributed by atoms with Gasteiger partial charge in [-0.25, -0.2) is 0 Å². The highest BCUT2D eigenvalue weighted by molar-refractivity contribution is 6.05. The molecule has 0 saturated carbocycles. The zero-order chi connectivity index (χ0) is 37.9. The Morgan fingerprint density at radius 1 is 0.818 bits per heavy atom. The highest BCUT2D eigenvalue weighted by atomic mass is 16.5. The van der Waals surface area contributed by atoms with Gasteiger partial charge in [0.25, 0.3) is 5.91 Å². The van der Waals surface area contributed by atoms with Crippen LogP contribution in [-0.4, -0.2) is 90.2 Å². The maximum atomic E-state index is 13.1. The van der Waals surface area contributed by atoms with Crippen LogP contribution in [-0.2, 0) is 20.9 Å².